The van der Waals surface area contributed by atoms with Gasteiger partial charge in [-0.2, -0.15) is 0 Å². The van der Waals surface area contributed by atoms with Crippen molar-refractivity contribution in [3.63, 3.8) is 0 Å². The van der Waals surface area contributed by atoms with Gasteiger partial charge < -0.3 is 10.2 Å². The Morgan fingerprint density at radius 3 is 2.43 bits per heavy atom. The van der Waals surface area contributed by atoms with E-state index in [4.69, 9.17) is 0 Å². The molecule has 0 bridgehead atoms. The van der Waals surface area contributed by atoms with Crippen LogP contribution in [-0.2, 0) is 4.79 Å². The van der Waals surface area contributed by atoms with Crippen LogP contribution in [0.15, 0.2) is 54.6 Å². The van der Waals surface area contributed by atoms with Crippen molar-refractivity contribution in [1.82, 2.24) is 10.2 Å². The molecule has 30 heavy (non-hydrogen) atoms. The highest BCUT2D eigenvalue weighted by atomic mass is 16.1. The summed E-state index contributed by atoms with van der Waals surface area (Å²) in [4.78, 5) is 15.0. The van der Waals surface area contributed by atoms with E-state index in [9.17, 15) is 4.79 Å². The topological polar surface area (TPSA) is 58.1 Å². The predicted molar refractivity (Wildman–Crippen MR) is 122 cm³/mol. The van der Waals surface area contributed by atoms with E-state index in [1.807, 2.05) is 31.2 Å². The number of aryl methyl sites for hydroxylation is 3. The van der Waals surface area contributed by atoms with Crippen LogP contribution < -0.4 is 10.2 Å². The van der Waals surface area contributed by atoms with Crippen molar-refractivity contribution in [1.29, 1.82) is 0 Å². The molecule has 2 heterocycles. The molecule has 1 aliphatic heterocycles. The highest BCUT2D eigenvalue weighted by molar-refractivity contribution is 5.93. The van der Waals surface area contributed by atoms with Crippen molar-refractivity contribution in [3.8, 4) is 11.3 Å². The largest absolute Gasteiger partial charge is 0.354 e. The standard InChI is InChI=1S/C25H28N4O/c1-17-6-9-20(10-7-17)23-12-13-24(28-27-23)29-14-4-5-21(16-29)25(30)26-22-11-8-18(2)15-19(22)3/h6-13,15,21H,4-5,14,16H2,1-3H3,(H,26,30)/t21-/m1/s1. The Balaban J connectivity index is 1.43. The van der Waals surface area contributed by atoms with E-state index in [-0.39, 0.29) is 11.8 Å². The van der Waals surface area contributed by atoms with Crippen LogP contribution >= 0.6 is 0 Å². The summed E-state index contributed by atoms with van der Waals surface area (Å²) in [5, 5.41) is 12.0. The quantitative estimate of drug-likeness (QED) is 0.675. The molecular weight excluding hydrogens is 372 g/mol. The molecule has 1 saturated heterocycles. The van der Waals surface area contributed by atoms with Gasteiger partial charge in [-0.1, -0.05) is 47.5 Å². The zero-order valence-electron chi connectivity index (χ0n) is 17.9. The van der Waals surface area contributed by atoms with Crippen molar-refractivity contribution in [2.24, 2.45) is 5.92 Å². The lowest BCUT2D eigenvalue weighted by Crippen LogP contribution is -2.41. The third kappa shape index (κ3) is 4.51. The molecule has 0 saturated carbocycles. The Morgan fingerprint density at radius 1 is 0.967 bits per heavy atom. The smallest absolute Gasteiger partial charge is 0.229 e. The van der Waals surface area contributed by atoms with E-state index in [1.54, 1.807) is 0 Å². The first-order valence-corrected chi connectivity index (χ1v) is 10.5. The van der Waals surface area contributed by atoms with Crippen LogP contribution in [0.1, 0.15) is 29.5 Å². The normalized spacial score (nSPS) is 16.4. The lowest BCUT2D eigenvalue weighted by molar-refractivity contribution is -0.120. The summed E-state index contributed by atoms with van der Waals surface area (Å²) in [5.41, 5.74) is 6.33. The Morgan fingerprint density at radius 2 is 1.73 bits per heavy atom. The van der Waals surface area contributed by atoms with Gasteiger partial charge in [0, 0.05) is 24.3 Å². The highest BCUT2D eigenvalue weighted by Crippen LogP contribution is 2.25. The maximum absolute atomic E-state index is 12.9. The van der Waals surface area contributed by atoms with Crippen LogP contribution in [0.25, 0.3) is 11.3 Å². The van der Waals surface area contributed by atoms with E-state index in [1.165, 1.54) is 11.1 Å². The number of nitrogens with zero attached hydrogens (tertiary/aromatic N) is 3. The summed E-state index contributed by atoms with van der Waals surface area (Å²) >= 11 is 0. The molecule has 1 atom stereocenters. The average molecular weight is 401 g/mol. The van der Waals surface area contributed by atoms with Gasteiger partial charge >= 0.3 is 0 Å². The number of carbonyl (C=O) groups excluding carboxylic acids is 1. The fourth-order valence-electron chi connectivity index (χ4n) is 3.96. The summed E-state index contributed by atoms with van der Waals surface area (Å²) in [7, 11) is 0. The van der Waals surface area contributed by atoms with Gasteiger partial charge in [0.15, 0.2) is 5.82 Å². The summed E-state index contributed by atoms with van der Waals surface area (Å²) in [5.74, 6) is 0.851. The van der Waals surface area contributed by atoms with Crippen LogP contribution in [0.5, 0.6) is 0 Å². The number of hydrogen-bond donors (Lipinski definition) is 1. The number of hydrogen-bond acceptors (Lipinski definition) is 4. The van der Waals surface area contributed by atoms with Crippen molar-refractivity contribution >= 4 is 17.4 Å². The molecule has 3 aromatic rings. The number of amides is 1. The van der Waals surface area contributed by atoms with Crippen LogP contribution in [0.2, 0.25) is 0 Å². The molecule has 0 unspecified atom stereocenters. The molecule has 5 heteroatoms. The maximum atomic E-state index is 12.9. The average Bonchev–Trinajstić information content (AvgIpc) is 2.76. The first kappa shape index (κ1) is 20.1. The molecule has 0 spiro atoms. The molecule has 1 fully saturated rings. The van der Waals surface area contributed by atoms with Gasteiger partial charge in [-0.25, -0.2) is 0 Å². The Hall–Kier alpha value is -3.21. The van der Waals surface area contributed by atoms with Gasteiger partial charge in [0.05, 0.1) is 11.6 Å². The lowest BCUT2D eigenvalue weighted by Gasteiger charge is -2.32. The first-order chi connectivity index (χ1) is 14.5. The molecule has 5 nitrogen and oxygen atoms in total. The summed E-state index contributed by atoms with van der Waals surface area (Å²) in [6, 6.07) is 18.4. The second-order valence-electron chi connectivity index (χ2n) is 8.24. The minimum absolute atomic E-state index is 0.0574. The van der Waals surface area contributed by atoms with Gasteiger partial charge in [-0.15, -0.1) is 10.2 Å². The number of nitrogens with one attached hydrogen (secondary N) is 1. The molecule has 1 aromatic heterocycles. The van der Waals surface area contributed by atoms with Crippen molar-refractivity contribution in [2.75, 3.05) is 23.3 Å². The number of anilines is 2. The fourth-order valence-corrected chi connectivity index (χ4v) is 3.96. The van der Waals surface area contributed by atoms with E-state index >= 15 is 0 Å². The summed E-state index contributed by atoms with van der Waals surface area (Å²) in [6.45, 7) is 7.71. The van der Waals surface area contributed by atoms with Gasteiger partial charge in [0.1, 0.15) is 0 Å². The van der Waals surface area contributed by atoms with Crippen LogP contribution in [0.3, 0.4) is 0 Å². The Bertz CT molecular complexity index is 1030. The molecule has 4 rings (SSSR count). The Kier molecular flexibility index (Phi) is 5.79. The van der Waals surface area contributed by atoms with E-state index in [0.717, 1.165) is 47.7 Å². The molecule has 1 aliphatic rings. The molecule has 0 aliphatic carbocycles. The SMILES string of the molecule is Cc1ccc(-c2ccc(N3CCC[C@@H](C(=O)Nc4ccc(C)cc4C)C3)nn2)cc1. The predicted octanol–water partition coefficient (Wildman–Crippen LogP) is 4.92. The molecule has 2 aromatic carbocycles. The van der Waals surface area contributed by atoms with Gasteiger partial charge in [-0.05, 0) is 57.4 Å². The number of benzene rings is 2. The number of aromatic nitrogens is 2. The van der Waals surface area contributed by atoms with E-state index in [2.05, 4.69) is 64.6 Å². The molecule has 1 N–H and O–H groups in total. The lowest BCUT2D eigenvalue weighted by atomic mass is 9.96. The number of piperidine rings is 1. The van der Waals surface area contributed by atoms with E-state index < -0.39 is 0 Å². The monoisotopic (exact) mass is 400 g/mol. The third-order valence-electron chi connectivity index (χ3n) is 5.75. The second kappa shape index (κ2) is 8.66. The van der Waals surface area contributed by atoms with Gasteiger partial charge in [-0.3, -0.25) is 4.79 Å². The minimum atomic E-state index is -0.0574. The molecule has 1 amide bonds. The van der Waals surface area contributed by atoms with Gasteiger partial charge in [0.2, 0.25) is 5.91 Å². The highest BCUT2D eigenvalue weighted by Gasteiger charge is 2.27. The van der Waals surface area contributed by atoms with Crippen LogP contribution in [-0.4, -0.2) is 29.2 Å². The molecule has 154 valence electrons. The van der Waals surface area contributed by atoms with Gasteiger partial charge in [0.25, 0.3) is 0 Å². The number of rotatable bonds is 4. The zero-order chi connectivity index (χ0) is 21.1. The van der Waals surface area contributed by atoms with Crippen molar-refractivity contribution in [2.45, 2.75) is 33.6 Å². The second-order valence-corrected chi connectivity index (χ2v) is 8.24. The third-order valence-corrected chi connectivity index (χ3v) is 5.75. The zero-order valence-corrected chi connectivity index (χ0v) is 17.9. The number of carbonyl (C=O) groups is 1. The Labute approximate surface area is 178 Å². The molecule has 0 radical (unpaired) electrons. The maximum Gasteiger partial charge on any atom is 0.229 e. The van der Waals surface area contributed by atoms with Crippen molar-refractivity contribution < 1.29 is 4.79 Å². The molecular formula is C25H28N4O. The minimum Gasteiger partial charge on any atom is -0.354 e. The fraction of sp³-hybridized carbons (Fsp3) is 0.320. The first-order valence-electron chi connectivity index (χ1n) is 10.5. The van der Waals surface area contributed by atoms with Crippen molar-refractivity contribution in [3.05, 3.63) is 71.3 Å². The summed E-state index contributed by atoms with van der Waals surface area (Å²) < 4.78 is 0. The van der Waals surface area contributed by atoms with Crippen LogP contribution in [0, 0.1) is 26.7 Å². The van der Waals surface area contributed by atoms with E-state index in [0.29, 0.717) is 6.54 Å². The summed E-state index contributed by atoms with van der Waals surface area (Å²) in [6.07, 6.45) is 1.86. The van der Waals surface area contributed by atoms with Crippen LogP contribution in [0.4, 0.5) is 11.5 Å².